The topological polar surface area (TPSA) is 20.2 Å². The molecule has 17 heavy (non-hydrogen) atoms. The van der Waals surface area contributed by atoms with Crippen molar-refractivity contribution in [2.75, 3.05) is 0 Å². The Labute approximate surface area is 103 Å². The highest BCUT2D eigenvalue weighted by molar-refractivity contribution is 5.75. The van der Waals surface area contributed by atoms with Gasteiger partial charge in [-0.3, -0.25) is 0 Å². The lowest BCUT2D eigenvalue weighted by Crippen LogP contribution is -2.29. The first-order valence-corrected chi connectivity index (χ1v) is 6.42. The fourth-order valence-electron chi connectivity index (χ4n) is 3.83. The highest BCUT2D eigenvalue weighted by atomic mass is 16.3. The first kappa shape index (κ1) is 11.0. The maximum Gasteiger partial charge on any atom is 0.0617 e. The van der Waals surface area contributed by atoms with E-state index < -0.39 is 0 Å². The first-order chi connectivity index (χ1) is 7.97. The van der Waals surface area contributed by atoms with E-state index in [2.05, 4.69) is 57.2 Å². The summed E-state index contributed by atoms with van der Waals surface area (Å²) >= 11 is 0. The van der Waals surface area contributed by atoms with Gasteiger partial charge in [-0.1, -0.05) is 57.2 Å². The number of aliphatic hydroxyl groups excluding tert-OH is 1. The molecule has 0 amide bonds. The van der Waals surface area contributed by atoms with Gasteiger partial charge in [-0.2, -0.15) is 0 Å². The van der Waals surface area contributed by atoms with E-state index in [1.807, 2.05) is 0 Å². The quantitative estimate of drug-likeness (QED) is 0.780. The molecule has 0 aliphatic heterocycles. The number of hydrogen-bond donors (Lipinski definition) is 1. The highest BCUT2D eigenvalue weighted by Crippen LogP contribution is 2.67. The number of allylic oxidation sites excluding steroid dienone is 1. The molecule has 2 aliphatic rings. The molecule has 0 spiro atoms. The van der Waals surface area contributed by atoms with Crippen LogP contribution in [0, 0.1) is 16.7 Å². The Bertz CT molecular complexity index is 472. The van der Waals surface area contributed by atoms with Crippen LogP contribution in [-0.4, -0.2) is 11.2 Å². The molecule has 2 bridgehead atoms. The van der Waals surface area contributed by atoms with Gasteiger partial charge in [-0.25, -0.2) is 0 Å². The van der Waals surface area contributed by atoms with Crippen molar-refractivity contribution in [2.24, 2.45) is 16.7 Å². The summed E-state index contributed by atoms with van der Waals surface area (Å²) < 4.78 is 0. The summed E-state index contributed by atoms with van der Waals surface area (Å²) in [5.74, 6) is 0.308. The Morgan fingerprint density at radius 1 is 1.12 bits per heavy atom. The molecule has 1 aromatic rings. The van der Waals surface area contributed by atoms with Crippen LogP contribution in [0.15, 0.2) is 36.4 Å². The molecule has 1 fully saturated rings. The zero-order chi connectivity index (χ0) is 12.3. The van der Waals surface area contributed by atoms with Crippen molar-refractivity contribution < 1.29 is 5.11 Å². The van der Waals surface area contributed by atoms with Crippen LogP contribution in [0.25, 0.3) is 5.57 Å². The molecule has 0 radical (unpaired) electrons. The standard InChI is InChI=1S/C16H20O/c1-15(2)13-9-12(11-7-5-4-6-8-11)16(15,3)10-14(13)17/h4-9,13-14,17H,10H2,1-3H3. The van der Waals surface area contributed by atoms with E-state index >= 15 is 0 Å². The van der Waals surface area contributed by atoms with Gasteiger partial charge in [-0.05, 0) is 23.0 Å². The summed E-state index contributed by atoms with van der Waals surface area (Å²) in [6, 6.07) is 10.6. The zero-order valence-electron chi connectivity index (χ0n) is 10.8. The second-order valence-electron chi connectivity index (χ2n) is 6.30. The minimum absolute atomic E-state index is 0.110. The van der Waals surface area contributed by atoms with Gasteiger partial charge in [0.15, 0.2) is 0 Å². The van der Waals surface area contributed by atoms with Crippen LogP contribution < -0.4 is 0 Å². The summed E-state index contributed by atoms with van der Waals surface area (Å²) in [5, 5.41) is 10.1. The monoisotopic (exact) mass is 228 g/mol. The van der Waals surface area contributed by atoms with Crippen molar-refractivity contribution in [1.29, 1.82) is 0 Å². The van der Waals surface area contributed by atoms with Gasteiger partial charge in [0.25, 0.3) is 0 Å². The molecular weight excluding hydrogens is 208 g/mol. The lowest BCUT2D eigenvalue weighted by Gasteiger charge is -2.37. The Hall–Kier alpha value is -1.08. The highest BCUT2D eigenvalue weighted by Gasteiger charge is 2.61. The molecule has 90 valence electrons. The molecule has 3 unspecified atom stereocenters. The van der Waals surface area contributed by atoms with E-state index in [4.69, 9.17) is 0 Å². The second kappa shape index (κ2) is 3.23. The van der Waals surface area contributed by atoms with E-state index in [9.17, 15) is 5.11 Å². The molecule has 0 saturated heterocycles. The largest absolute Gasteiger partial charge is 0.392 e. The van der Waals surface area contributed by atoms with Gasteiger partial charge in [0, 0.05) is 11.3 Å². The Morgan fingerprint density at radius 2 is 1.76 bits per heavy atom. The molecule has 2 aliphatic carbocycles. The van der Waals surface area contributed by atoms with Gasteiger partial charge in [0.1, 0.15) is 0 Å². The van der Waals surface area contributed by atoms with E-state index in [1.165, 1.54) is 11.1 Å². The van der Waals surface area contributed by atoms with E-state index in [1.54, 1.807) is 0 Å². The van der Waals surface area contributed by atoms with Crippen molar-refractivity contribution >= 4 is 5.57 Å². The van der Waals surface area contributed by atoms with Crippen molar-refractivity contribution in [3.63, 3.8) is 0 Å². The minimum atomic E-state index is -0.164. The van der Waals surface area contributed by atoms with E-state index in [0.717, 1.165) is 6.42 Å². The summed E-state index contributed by atoms with van der Waals surface area (Å²) in [6.45, 7) is 6.89. The van der Waals surface area contributed by atoms with Crippen LogP contribution in [0.5, 0.6) is 0 Å². The lowest BCUT2D eigenvalue weighted by atomic mass is 9.66. The van der Waals surface area contributed by atoms with Crippen molar-refractivity contribution in [3.05, 3.63) is 42.0 Å². The molecule has 0 aromatic heterocycles. The second-order valence-corrected chi connectivity index (χ2v) is 6.30. The maximum atomic E-state index is 10.1. The van der Waals surface area contributed by atoms with Crippen LogP contribution in [0.3, 0.4) is 0 Å². The van der Waals surface area contributed by atoms with Gasteiger partial charge < -0.3 is 5.11 Å². The van der Waals surface area contributed by atoms with E-state index in [0.29, 0.717) is 5.92 Å². The smallest absolute Gasteiger partial charge is 0.0617 e. The summed E-state index contributed by atoms with van der Waals surface area (Å²) in [6.07, 6.45) is 3.04. The summed E-state index contributed by atoms with van der Waals surface area (Å²) in [4.78, 5) is 0. The van der Waals surface area contributed by atoms with Crippen LogP contribution >= 0.6 is 0 Å². The van der Waals surface area contributed by atoms with Crippen molar-refractivity contribution in [3.8, 4) is 0 Å². The molecule has 1 aromatic carbocycles. The summed E-state index contributed by atoms with van der Waals surface area (Å²) in [7, 11) is 0. The third-order valence-electron chi connectivity index (χ3n) is 5.31. The number of rotatable bonds is 1. The minimum Gasteiger partial charge on any atom is -0.392 e. The number of aliphatic hydroxyl groups is 1. The summed E-state index contributed by atoms with van der Waals surface area (Å²) in [5.41, 5.74) is 3.02. The molecular formula is C16H20O. The van der Waals surface area contributed by atoms with Crippen LogP contribution in [0.1, 0.15) is 32.8 Å². The van der Waals surface area contributed by atoms with Crippen LogP contribution in [-0.2, 0) is 0 Å². The normalized spacial score (nSPS) is 38.2. The van der Waals surface area contributed by atoms with Gasteiger partial charge in [0.05, 0.1) is 6.10 Å². The Balaban J connectivity index is 2.11. The molecule has 3 atom stereocenters. The number of hydrogen-bond acceptors (Lipinski definition) is 1. The SMILES string of the molecule is CC12CC(O)C(C=C1c1ccccc1)C2(C)C. The number of benzene rings is 1. The third-order valence-corrected chi connectivity index (χ3v) is 5.31. The third kappa shape index (κ3) is 1.23. The zero-order valence-corrected chi connectivity index (χ0v) is 10.8. The number of fused-ring (bicyclic) bond motifs is 2. The van der Waals surface area contributed by atoms with Gasteiger partial charge in [0.2, 0.25) is 0 Å². The molecule has 3 rings (SSSR count). The van der Waals surface area contributed by atoms with Gasteiger partial charge in [-0.15, -0.1) is 0 Å². The first-order valence-electron chi connectivity index (χ1n) is 6.42. The Kier molecular flexibility index (Phi) is 2.10. The Morgan fingerprint density at radius 3 is 2.24 bits per heavy atom. The van der Waals surface area contributed by atoms with Gasteiger partial charge >= 0.3 is 0 Å². The maximum absolute atomic E-state index is 10.1. The average Bonchev–Trinajstić information content (AvgIpc) is 2.58. The molecule has 1 saturated carbocycles. The van der Waals surface area contributed by atoms with Crippen LogP contribution in [0.2, 0.25) is 0 Å². The molecule has 1 heteroatoms. The average molecular weight is 228 g/mol. The predicted octanol–water partition coefficient (Wildman–Crippen LogP) is 3.50. The molecule has 1 nitrogen and oxygen atoms in total. The molecule has 1 N–H and O–H groups in total. The fraction of sp³-hybridized carbons (Fsp3) is 0.500. The van der Waals surface area contributed by atoms with Crippen molar-refractivity contribution in [1.82, 2.24) is 0 Å². The predicted molar refractivity (Wildman–Crippen MR) is 70.4 cm³/mol. The van der Waals surface area contributed by atoms with E-state index in [-0.39, 0.29) is 16.9 Å². The molecule has 0 heterocycles. The lowest BCUT2D eigenvalue weighted by molar-refractivity contribution is 0.123. The fourth-order valence-corrected chi connectivity index (χ4v) is 3.83. The van der Waals surface area contributed by atoms with Crippen LogP contribution in [0.4, 0.5) is 0 Å². The van der Waals surface area contributed by atoms with Crippen molar-refractivity contribution in [2.45, 2.75) is 33.3 Å².